The lowest BCUT2D eigenvalue weighted by Gasteiger charge is -2.21. The number of nitrogens with zero attached hydrogens (tertiary/aromatic N) is 1. The maximum absolute atomic E-state index is 13.0. The summed E-state index contributed by atoms with van der Waals surface area (Å²) in [5.74, 6) is 0.776. The van der Waals surface area contributed by atoms with Crippen LogP contribution in [0.3, 0.4) is 0 Å². The summed E-state index contributed by atoms with van der Waals surface area (Å²) in [6.07, 6.45) is 8.85. The number of allylic oxidation sites excluding steroid dienone is 3. The van der Waals surface area contributed by atoms with Crippen LogP contribution in [0.2, 0.25) is 5.02 Å². The van der Waals surface area contributed by atoms with Gasteiger partial charge in [-0.15, -0.1) is 0 Å². The Bertz CT molecular complexity index is 965. The summed E-state index contributed by atoms with van der Waals surface area (Å²) in [5, 5.41) is 0.437. The average molecular weight is 491 g/mol. The van der Waals surface area contributed by atoms with Gasteiger partial charge in [-0.2, -0.15) is 5.48 Å². The largest absolute Gasteiger partial charge is 0.495 e. The van der Waals surface area contributed by atoms with Crippen molar-refractivity contribution in [2.75, 3.05) is 26.2 Å². The summed E-state index contributed by atoms with van der Waals surface area (Å²) in [6, 6.07) is 3.96. The predicted molar refractivity (Wildman–Crippen MR) is 132 cm³/mol. The van der Waals surface area contributed by atoms with Gasteiger partial charge in [0.2, 0.25) is 5.91 Å². The molecule has 0 spiro atoms. The molecule has 1 N–H and O–H groups in total. The Balaban J connectivity index is 1.63. The maximum atomic E-state index is 13.0. The zero-order valence-electron chi connectivity index (χ0n) is 20.5. The molecule has 1 amide bonds. The molecule has 4 bridgehead atoms. The Morgan fingerprint density at radius 3 is 2.76 bits per heavy atom. The summed E-state index contributed by atoms with van der Waals surface area (Å²) in [7, 11) is 5.07. The van der Waals surface area contributed by atoms with Crippen molar-refractivity contribution in [3.05, 3.63) is 46.5 Å². The quantitative estimate of drug-likeness (QED) is 0.625. The number of hydrogen-bond donors (Lipinski definition) is 1. The van der Waals surface area contributed by atoms with Crippen LogP contribution in [0.5, 0.6) is 5.75 Å². The molecule has 3 aliphatic heterocycles. The Labute approximate surface area is 207 Å². The molecule has 3 heterocycles. The molecule has 7 nitrogen and oxygen atoms in total. The van der Waals surface area contributed by atoms with E-state index in [4.69, 9.17) is 30.6 Å². The van der Waals surface area contributed by atoms with Crippen LogP contribution in [0.4, 0.5) is 5.69 Å². The number of hydrogen-bond acceptors (Lipinski definition) is 6. The first-order valence-electron chi connectivity index (χ1n) is 11.9. The van der Waals surface area contributed by atoms with Crippen molar-refractivity contribution in [2.45, 2.75) is 70.0 Å². The number of amides is 1. The van der Waals surface area contributed by atoms with Gasteiger partial charge in [0, 0.05) is 26.5 Å². The standard InChI is InChI=1S/C26H35ClN2O5/c1-15-7-6-8-20(31-4)18-14-22(34-28-18)16(2)26-21(33-26)9-10-24(30)29(3)19-12-17(11-15)13-23(32-5)25(19)27/h6-8,12-13,16,18,20-22,26,28H,9-11,14H2,1-5H3/b8-6+,15-7+/t16-,18?,20-,21+,22+,26+/m1/s1. The highest BCUT2D eigenvalue weighted by atomic mass is 35.5. The second kappa shape index (κ2) is 10.8. The fourth-order valence-electron chi connectivity index (χ4n) is 4.90. The van der Waals surface area contributed by atoms with E-state index in [0.717, 1.165) is 17.6 Å². The fourth-order valence-corrected chi connectivity index (χ4v) is 5.21. The first-order chi connectivity index (χ1) is 16.3. The molecule has 2 saturated heterocycles. The molecule has 1 unspecified atom stereocenters. The minimum absolute atomic E-state index is 0.00194. The minimum Gasteiger partial charge on any atom is -0.495 e. The molecule has 4 rings (SSSR count). The molecular weight excluding hydrogens is 456 g/mol. The third-order valence-electron chi connectivity index (χ3n) is 7.09. The summed E-state index contributed by atoms with van der Waals surface area (Å²) >= 11 is 6.59. The van der Waals surface area contributed by atoms with Gasteiger partial charge in [0.15, 0.2) is 0 Å². The van der Waals surface area contributed by atoms with Gasteiger partial charge in [0.1, 0.15) is 10.8 Å². The highest BCUT2D eigenvalue weighted by molar-refractivity contribution is 6.35. The van der Waals surface area contributed by atoms with Crippen LogP contribution in [0, 0.1) is 5.92 Å². The molecule has 2 fully saturated rings. The van der Waals surface area contributed by atoms with Gasteiger partial charge >= 0.3 is 0 Å². The van der Waals surface area contributed by atoms with E-state index in [0.29, 0.717) is 35.7 Å². The number of ether oxygens (including phenoxy) is 3. The number of benzene rings is 1. The first-order valence-corrected chi connectivity index (χ1v) is 12.3. The van der Waals surface area contributed by atoms with Gasteiger partial charge in [-0.25, -0.2) is 0 Å². The lowest BCUT2D eigenvalue weighted by atomic mass is 9.92. The lowest BCUT2D eigenvalue weighted by Crippen LogP contribution is -2.34. The monoisotopic (exact) mass is 490 g/mol. The average Bonchev–Trinajstić information content (AvgIpc) is 3.44. The molecule has 0 radical (unpaired) electrons. The topological polar surface area (TPSA) is 72.6 Å². The van der Waals surface area contributed by atoms with Crippen molar-refractivity contribution in [1.82, 2.24) is 5.48 Å². The van der Waals surface area contributed by atoms with E-state index >= 15 is 0 Å². The highest BCUT2D eigenvalue weighted by Crippen LogP contribution is 2.39. The van der Waals surface area contributed by atoms with E-state index in [1.807, 2.05) is 18.2 Å². The van der Waals surface area contributed by atoms with E-state index < -0.39 is 0 Å². The molecule has 1 aromatic rings. The lowest BCUT2D eigenvalue weighted by molar-refractivity contribution is -0.118. The third kappa shape index (κ3) is 5.50. The number of carbonyl (C=O) groups is 1. The predicted octanol–water partition coefficient (Wildman–Crippen LogP) is 4.23. The van der Waals surface area contributed by atoms with Crippen molar-refractivity contribution in [2.24, 2.45) is 5.92 Å². The summed E-state index contributed by atoms with van der Waals surface area (Å²) in [6.45, 7) is 4.22. The van der Waals surface area contributed by atoms with Crippen LogP contribution in [0.15, 0.2) is 35.9 Å². The van der Waals surface area contributed by atoms with Gasteiger partial charge in [-0.3, -0.25) is 9.63 Å². The highest BCUT2D eigenvalue weighted by Gasteiger charge is 2.48. The molecule has 34 heavy (non-hydrogen) atoms. The number of hydroxylamine groups is 1. The number of epoxide rings is 1. The Morgan fingerprint density at radius 2 is 2.03 bits per heavy atom. The number of fused-ring (bicyclic) bond motifs is 5. The number of methoxy groups -OCH3 is 2. The van der Waals surface area contributed by atoms with E-state index in [9.17, 15) is 4.79 Å². The molecule has 1 aromatic carbocycles. The third-order valence-corrected chi connectivity index (χ3v) is 7.47. The molecule has 0 saturated carbocycles. The number of rotatable bonds is 2. The van der Waals surface area contributed by atoms with Crippen LogP contribution in [0.1, 0.15) is 38.7 Å². The minimum atomic E-state index is -0.104. The zero-order chi connectivity index (χ0) is 24.4. The van der Waals surface area contributed by atoms with Crippen molar-refractivity contribution in [3.63, 3.8) is 0 Å². The van der Waals surface area contributed by atoms with Gasteiger partial charge in [-0.05, 0) is 43.9 Å². The second-order valence-electron chi connectivity index (χ2n) is 9.51. The number of anilines is 1. The van der Waals surface area contributed by atoms with Crippen LogP contribution in [-0.4, -0.2) is 57.6 Å². The van der Waals surface area contributed by atoms with E-state index in [2.05, 4.69) is 31.5 Å². The molecule has 186 valence electrons. The van der Waals surface area contributed by atoms with E-state index in [1.54, 1.807) is 26.2 Å². The summed E-state index contributed by atoms with van der Waals surface area (Å²) in [5.41, 5.74) is 5.99. The SMILES string of the molecule is COc1cc2cc(c1Cl)N(C)C(=O)CC[C@@H]1O[C@H]1[C@H](C)[C@@H]1CC(NO1)[C@H](OC)/C=C/C=C(\C)C2. The van der Waals surface area contributed by atoms with Crippen molar-refractivity contribution >= 4 is 23.2 Å². The zero-order valence-corrected chi connectivity index (χ0v) is 21.3. The normalized spacial score (nSPS) is 34.8. The molecular formula is C26H35ClN2O5. The number of carbonyl (C=O) groups excluding carboxylic acids is 1. The maximum Gasteiger partial charge on any atom is 0.226 e. The number of nitrogens with one attached hydrogen (secondary N) is 1. The fraction of sp³-hybridized carbons (Fsp3) is 0.577. The summed E-state index contributed by atoms with van der Waals surface area (Å²) < 4.78 is 17.2. The summed E-state index contributed by atoms with van der Waals surface area (Å²) in [4.78, 5) is 20.5. The molecule has 6 atom stereocenters. The van der Waals surface area contributed by atoms with Gasteiger partial charge in [0.25, 0.3) is 0 Å². The van der Waals surface area contributed by atoms with Gasteiger partial charge in [0.05, 0.1) is 43.3 Å². The van der Waals surface area contributed by atoms with Crippen LogP contribution in [-0.2, 0) is 25.5 Å². The van der Waals surface area contributed by atoms with Crippen molar-refractivity contribution in [1.29, 1.82) is 0 Å². The number of halogens is 1. The van der Waals surface area contributed by atoms with Crippen molar-refractivity contribution < 1.29 is 23.8 Å². The van der Waals surface area contributed by atoms with E-state index in [-0.39, 0.29) is 42.3 Å². The Morgan fingerprint density at radius 1 is 1.24 bits per heavy atom. The van der Waals surface area contributed by atoms with Crippen LogP contribution < -0.4 is 15.1 Å². The second-order valence-corrected chi connectivity index (χ2v) is 9.89. The molecule has 0 aromatic heterocycles. The van der Waals surface area contributed by atoms with Gasteiger partial charge in [-0.1, -0.05) is 42.3 Å². The Kier molecular flexibility index (Phi) is 8.00. The molecule has 8 heteroatoms. The molecule has 0 aliphatic carbocycles. The Hall–Kier alpha value is -1.90. The van der Waals surface area contributed by atoms with E-state index in [1.165, 1.54) is 0 Å². The molecule has 3 aliphatic rings. The smallest absolute Gasteiger partial charge is 0.226 e. The first kappa shape index (κ1) is 25.2. The van der Waals surface area contributed by atoms with Gasteiger partial charge < -0.3 is 19.1 Å². The van der Waals surface area contributed by atoms with Crippen LogP contribution >= 0.6 is 11.6 Å². The van der Waals surface area contributed by atoms with Crippen LogP contribution in [0.25, 0.3) is 0 Å². The van der Waals surface area contributed by atoms with Crippen molar-refractivity contribution in [3.8, 4) is 5.75 Å².